The van der Waals surface area contributed by atoms with E-state index in [0.717, 1.165) is 0 Å². The van der Waals surface area contributed by atoms with Gasteiger partial charge in [0.15, 0.2) is 0 Å². The Labute approximate surface area is 222 Å². The van der Waals surface area contributed by atoms with Crippen molar-refractivity contribution in [2.45, 2.75) is 58.9 Å². The third-order valence-corrected chi connectivity index (χ3v) is 7.87. The van der Waals surface area contributed by atoms with Crippen LogP contribution in [0.3, 0.4) is 0 Å². The van der Waals surface area contributed by atoms with E-state index in [9.17, 15) is 32.3 Å². The Morgan fingerprint density at radius 3 is 2.33 bits per heavy atom. The second-order valence-corrected chi connectivity index (χ2v) is 11.8. The van der Waals surface area contributed by atoms with Crippen molar-refractivity contribution in [2.75, 3.05) is 6.54 Å². The lowest BCUT2D eigenvalue weighted by Gasteiger charge is -2.38. The molecule has 10 nitrogen and oxygen atoms in total. The molecule has 1 aliphatic carbocycles. The first kappa shape index (κ1) is 28.2. The van der Waals surface area contributed by atoms with E-state index in [2.05, 4.69) is 15.5 Å². The summed E-state index contributed by atoms with van der Waals surface area (Å²) in [6, 6.07) is 2.89. The molecule has 2 fully saturated rings. The lowest BCUT2D eigenvalue weighted by atomic mass is 9.85. The number of halogens is 3. The summed E-state index contributed by atoms with van der Waals surface area (Å²) in [7, 11) is 0. The molecule has 4 N–H and O–H groups in total. The Morgan fingerprint density at radius 2 is 1.74 bits per heavy atom. The van der Waals surface area contributed by atoms with Crippen molar-refractivity contribution in [2.24, 2.45) is 28.4 Å². The molecular weight excluding hydrogens is 517 g/mol. The minimum Gasteiger partial charge on any atom is -0.368 e. The van der Waals surface area contributed by atoms with Gasteiger partial charge in [-0.05, 0) is 28.7 Å². The van der Waals surface area contributed by atoms with Gasteiger partial charge in [0.2, 0.25) is 17.7 Å². The highest BCUT2D eigenvalue weighted by Crippen LogP contribution is 2.65. The van der Waals surface area contributed by atoms with Crippen LogP contribution >= 0.6 is 0 Å². The Bertz CT molecular complexity index is 1330. The number of aromatic nitrogens is 2. The third kappa shape index (κ3) is 5.13. The number of nitrogens with zero attached hydrogens (tertiary/aromatic N) is 3. The van der Waals surface area contributed by atoms with Crippen molar-refractivity contribution in [3.8, 4) is 0 Å². The van der Waals surface area contributed by atoms with Gasteiger partial charge in [-0.3, -0.25) is 19.2 Å². The van der Waals surface area contributed by atoms with Crippen molar-refractivity contribution in [3.05, 3.63) is 36.0 Å². The zero-order valence-electron chi connectivity index (χ0n) is 22.2. The van der Waals surface area contributed by atoms with Crippen molar-refractivity contribution < 1.29 is 32.3 Å². The minimum atomic E-state index is -5.19. The van der Waals surface area contributed by atoms with Gasteiger partial charge in [0.25, 0.3) is 0 Å². The molecule has 4 rings (SSSR count). The average molecular weight is 549 g/mol. The predicted molar refractivity (Wildman–Crippen MR) is 133 cm³/mol. The smallest absolute Gasteiger partial charge is 0.368 e. The maximum atomic E-state index is 13.7. The molecule has 4 unspecified atom stereocenters. The molecule has 1 aliphatic heterocycles. The molecule has 0 radical (unpaired) electrons. The molecule has 1 aromatic heterocycles. The van der Waals surface area contributed by atoms with E-state index >= 15 is 0 Å². The van der Waals surface area contributed by atoms with Gasteiger partial charge in [-0.15, -0.1) is 0 Å². The first-order valence-electron chi connectivity index (χ1n) is 12.4. The van der Waals surface area contributed by atoms with Gasteiger partial charge in [-0.1, -0.05) is 52.8 Å². The van der Waals surface area contributed by atoms with Crippen molar-refractivity contribution in [3.63, 3.8) is 0 Å². The van der Waals surface area contributed by atoms with Gasteiger partial charge in [0.1, 0.15) is 18.1 Å². The zero-order valence-corrected chi connectivity index (χ0v) is 22.2. The van der Waals surface area contributed by atoms with E-state index < -0.39 is 53.3 Å². The molecule has 13 heteroatoms. The molecule has 210 valence electrons. The molecule has 2 heterocycles. The van der Waals surface area contributed by atoms with Gasteiger partial charge < -0.3 is 21.3 Å². The van der Waals surface area contributed by atoms with Crippen LogP contribution in [0.4, 0.5) is 13.2 Å². The molecule has 39 heavy (non-hydrogen) atoms. The molecule has 1 saturated heterocycles. The summed E-state index contributed by atoms with van der Waals surface area (Å²) in [5.41, 5.74) is 5.04. The molecular formula is C26H31F3N6O4. The number of alkyl halides is 3. The molecule has 1 saturated carbocycles. The number of hydrogen-bond acceptors (Lipinski definition) is 6. The lowest BCUT2D eigenvalue weighted by Crippen LogP contribution is -2.61. The van der Waals surface area contributed by atoms with Gasteiger partial charge in [-0.25, -0.2) is 0 Å². The summed E-state index contributed by atoms with van der Waals surface area (Å²) in [5, 5.41) is 12.9. The van der Waals surface area contributed by atoms with Crippen LogP contribution in [-0.4, -0.2) is 63.5 Å². The summed E-state index contributed by atoms with van der Waals surface area (Å²) in [6.07, 6.45) is -3.87. The van der Waals surface area contributed by atoms with Crippen LogP contribution < -0.4 is 16.4 Å². The summed E-state index contributed by atoms with van der Waals surface area (Å²) in [6.45, 7) is 8.54. The van der Waals surface area contributed by atoms with Crippen LogP contribution in [0.2, 0.25) is 0 Å². The number of amides is 4. The highest BCUT2D eigenvalue weighted by atomic mass is 19.4. The summed E-state index contributed by atoms with van der Waals surface area (Å²) in [4.78, 5) is 52.9. The Balaban J connectivity index is 1.66. The number of piperidine rings is 1. The Morgan fingerprint density at radius 1 is 1.10 bits per heavy atom. The largest absolute Gasteiger partial charge is 0.471 e. The van der Waals surface area contributed by atoms with Crippen LogP contribution in [0.25, 0.3) is 10.9 Å². The van der Waals surface area contributed by atoms with Crippen LogP contribution in [0, 0.1) is 22.7 Å². The number of carbonyl (C=O) groups is 4. The van der Waals surface area contributed by atoms with Gasteiger partial charge in [-0.2, -0.15) is 23.4 Å². The number of likely N-dealkylation sites (tertiary alicyclic amines) is 1. The quantitative estimate of drug-likeness (QED) is 0.502. The van der Waals surface area contributed by atoms with Crippen LogP contribution in [0.1, 0.15) is 46.2 Å². The fraction of sp³-hybridized carbons (Fsp3) is 0.538. The SMILES string of the molecule is CC1(C)C2CN(C(=O)[C@@H](NC(=O)C(F)(F)F)C(C)(C)C)C(C(=O)NC(C(N)=O)c3cnnc4ccccc34)C21. The fourth-order valence-electron chi connectivity index (χ4n) is 5.63. The minimum absolute atomic E-state index is 0.0911. The van der Waals surface area contributed by atoms with E-state index in [1.807, 2.05) is 19.2 Å². The van der Waals surface area contributed by atoms with Gasteiger partial charge >= 0.3 is 12.1 Å². The van der Waals surface area contributed by atoms with Crippen LogP contribution in [0.5, 0.6) is 0 Å². The fourth-order valence-corrected chi connectivity index (χ4v) is 5.63. The molecule has 2 aliphatic rings. The second kappa shape index (κ2) is 9.45. The van der Waals surface area contributed by atoms with Gasteiger partial charge in [0.05, 0.1) is 11.7 Å². The third-order valence-electron chi connectivity index (χ3n) is 7.87. The molecule has 0 spiro atoms. The van der Waals surface area contributed by atoms with E-state index in [0.29, 0.717) is 16.5 Å². The number of carbonyl (C=O) groups excluding carboxylic acids is 4. The first-order valence-corrected chi connectivity index (χ1v) is 12.4. The molecule has 2 aromatic rings. The van der Waals surface area contributed by atoms with E-state index in [-0.39, 0.29) is 23.8 Å². The maximum Gasteiger partial charge on any atom is 0.471 e. The molecule has 5 atom stereocenters. The average Bonchev–Trinajstić information content (AvgIpc) is 3.16. The summed E-state index contributed by atoms with van der Waals surface area (Å²) in [5.74, 6) is -5.00. The highest BCUT2D eigenvalue weighted by molar-refractivity contribution is 5.97. The molecule has 4 amide bonds. The number of nitrogens with one attached hydrogen (secondary N) is 2. The zero-order chi connectivity index (χ0) is 29.1. The number of primary amides is 1. The Kier molecular flexibility index (Phi) is 6.85. The normalized spacial score (nSPS) is 23.5. The van der Waals surface area contributed by atoms with Crippen molar-refractivity contribution >= 4 is 34.5 Å². The Hall–Kier alpha value is -3.77. The summed E-state index contributed by atoms with van der Waals surface area (Å²) >= 11 is 0. The molecule has 0 bridgehead atoms. The first-order chi connectivity index (χ1) is 18.0. The van der Waals surface area contributed by atoms with Gasteiger partial charge in [0, 0.05) is 17.5 Å². The van der Waals surface area contributed by atoms with Crippen LogP contribution in [0.15, 0.2) is 30.5 Å². The number of hydrogen-bond donors (Lipinski definition) is 3. The standard InChI is InChI=1S/C26H31F3N6O4/c1-24(2,3)19(33-23(39)26(27,28)29)22(38)35-11-14-16(25(14,4)5)18(35)21(37)32-17(20(30)36)13-10-31-34-15-9-7-6-8-12(13)15/h6-10,14,16-19H,11H2,1-5H3,(H2,30,36)(H,32,37)(H,33,39)/t14?,16?,17?,18?,19-/m1/s1. The number of rotatable bonds is 6. The number of benzene rings is 1. The number of nitrogens with two attached hydrogens (primary N) is 1. The van der Waals surface area contributed by atoms with E-state index in [1.54, 1.807) is 24.3 Å². The monoisotopic (exact) mass is 548 g/mol. The van der Waals surface area contributed by atoms with E-state index in [1.165, 1.54) is 31.9 Å². The lowest BCUT2D eigenvalue weighted by molar-refractivity contribution is -0.176. The summed E-state index contributed by atoms with van der Waals surface area (Å²) < 4.78 is 39.2. The second-order valence-electron chi connectivity index (χ2n) is 11.8. The van der Waals surface area contributed by atoms with E-state index in [4.69, 9.17) is 5.73 Å². The maximum absolute atomic E-state index is 13.7. The molecule has 1 aromatic carbocycles. The number of fused-ring (bicyclic) bond motifs is 2. The van der Waals surface area contributed by atoms with Crippen molar-refractivity contribution in [1.82, 2.24) is 25.7 Å². The van der Waals surface area contributed by atoms with Crippen LogP contribution in [-0.2, 0) is 19.2 Å². The predicted octanol–water partition coefficient (Wildman–Crippen LogP) is 1.85. The van der Waals surface area contributed by atoms with Crippen molar-refractivity contribution in [1.29, 1.82) is 0 Å². The highest BCUT2D eigenvalue weighted by Gasteiger charge is 2.70. The topological polar surface area (TPSA) is 147 Å².